The maximum absolute atomic E-state index is 13.2. The lowest BCUT2D eigenvalue weighted by molar-refractivity contribution is -0.113. The molecule has 0 unspecified atom stereocenters. The molecule has 0 aliphatic rings. The van der Waals surface area contributed by atoms with E-state index in [1.54, 1.807) is 4.68 Å². The van der Waals surface area contributed by atoms with Gasteiger partial charge in [0.05, 0.1) is 11.4 Å². The molecular formula is C17H15F2N5OS. The summed E-state index contributed by atoms with van der Waals surface area (Å²) in [7, 11) is 0. The van der Waals surface area contributed by atoms with E-state index in [-0.39, 0.29) is 17.3 Å². The summed E-state index contributed by atoms with van der Waals surface area (Å²) >= 11 is 1.15. The standard InChI is InChI=1S/C17H15F2N5OS/c1-10-4-3-5-11(2)16(10)24-17(21-22-23-24)26-9-15(25)20-12-6-7-13(18)14(19)8-12/h3-8H,9H2,1-2H3,(H,20,25). The molecule has 6 nitrogen and oxygen atoms in total. The van der Waals surface area contributed by atoms with Gasteiger partial charge in [0.15, 0.2) is 11.6 Å². The Kier molecular flexibility index (Phi) is 5.27. The quantitative estimate of drug-likeness (QED) is 0.693. The summed E-state index contributed by atoms with van der Waals surface area (Å²) in [5.74, 6) is -2.35. The Balaban J connectivity index is 1.70. The minimum absolute atomic E-state index is 0.0182. The molecule has 0 aliphatic heterocycles. The first-order valence-corrected chi connectivity index (χ1v) is 8.67. The Morgan fingerprint density at radius 2 is 1.88 bits per heavy atom. The number of para-hydroxylation sites is 1. The maximum atomic E-state index is 13.2. The summed E-state index contributed by atoms with van der Waals surface area (Å²) in [6.07, 6.45) is 0. The third-order valence-electron chi connectivity index (χ3n) is 3.63. The van der Waals surface area contributed by atoms with Gasteiger partial charge in [0.1, 0.15) is 0 Å². The van der Waals surface area contributed by atoms with Crippen LogP contribution in [0.2, 0.25) is 0 Å². The summed E-state index contributed by atoms with van der Waals surface area (Å²) in [5, 5.41) is 14.6. The van der Waals surface area contributed by atoms with E-state index < -0.39 is 11.6 Å². The van der Waals surface area contributed by atoms with Crippen molar-refractivity contribution in [3.8, 4) is 5.69 Å². The molecule has 134 valence electrons. The van der Waals surface area contributed by atoms with Crippen molar-refractivity contribution in [2.24, 2.45) is 0 Å². The van der Waals surface area contributed by atoms with E-state index in [0.717, 1.165) is 40.7 Å². The van der Waals surface area contributed by atoms with Crippen molar-refractivity contribution < 1.29 is 13.6 Å². The first-order valence-electron chi connectivity index (χ1n) is 7.68. The van der Waals surface area contributed by atoms with Crippen LogP contribution in [0.1, 0.15) is 11.1 Å². The number of nitrogens with zero attached hydrogens (tertiary/aromatic N) is 4. The molecule has 0 atom stereocenters. The highest BCUT2D eigenvalue weighted by Crippen LogP contribution is 2.23. The van der Waals surface area contributed by atoms with Crippen molar-refractivity contribution in [1.82, 2.24) is 20.2 Å². The van der Waals surface area contributed by atoms with E-state index >= 15 is 0 Å². The SMILES string of the molecule is Cc1cccc(C)c1-n1nnnc1SCC(=O)Nc1ccc(F)c(F)c1. The van der Waals surface area contributed by atoms with Crippen LogP contribution < -0.4 is 5.32 Å². The molecule has 3 aromatic rings. The van der Waals surface area contributed by atoms with E-state index in [9.17, 15) is 13.6 Å². The van der Waals surface area contributed by atoms with Crippen molar-refractivity contribution in [2.75, 3.05) is 11.1 Å². The molecule has 9 heteroatoms. The summed E-state index contributed by atoms with van der Waals surface area (Å²) in [5.41, 5.74) is 3.06. The zero-order chi connectivity index (χ0) is 18.7. The van der Waals surface area contributed by atoms with Gasteiger partial charge in [-0.25, -0.2) is 8.78 Å². The first kappa shape index (κ1) is 18.0. The van der Waals surface area contributed by atoms with E-state index in [4.69, 9.17) is 0 Å². The summed E-state index contributed by atoms with van der Waals surface area (Å²) in [6, 6.07) is 9.03. The van der Waals surface area contributed by atoms with Crippen LogP contribution >= 0.6 is 11.8 Å². The van der Waals surface area contributed by atoms with Gasteiger partial charge in [0.2, 0.25) is 11.1 Å². The number of tetrazole rings is 1. The molecule has 26 heavy (non-hydrogen) atoms. The molecule has 1 amide bonds. The van der Waals surface area contributed by atoms with Gasteiger partial charge in [-0.1, -0.05) is 30.0 Å². The Morgan fingerprint density at radius 3 is 2.58 bits per heavy atom. The van der Waals surface area contributed by atoms with Crippen molar-refractivity contribution in [3.63, 3.8) is 0 Å². The van der Waals surface area contributed by atoms with E-state index in [0.29, 0.717) is 5.16 Å². The van der Waals surface area contributed by atoms with Crippen molar-refractivity contribution >= 4 is 23.4 Å². The second-order valence-electron chi connectivity index (χ2n) is 5.58. The van der Waals surface area contributed by atoms with Crippen LogP contribution in [0.5, 0.6) is 0 Å². The fraction of sp³-hybridized carbons (Fsp3) is 0.176. The third kappa shape index (κ3) is 3.88. The number of carbonyl (C=O) groups excluding carboxylic acids is 1. The molecule has 0 aliphatic carbocycles. The third-order valence-corrected chi connectivity index (χ3v) is 4.55. The molecule has 0 saturated heterocycles. The highest BCUT2D eigenvalue weighted by Gasteiger charge is 2.15. The molecule has 0 fully saturated rings. The van der Waals surface area contributed by atoms with Gasteiger partial charge >= 0.3 is 0 Å². The molecule has 1 aromatic heterocycles. The first-order chi connectivity index (χ1) is 12.5. The van der Waals surface area contributed by atoms with Gasteiger partial charge in [-0.05, 0) is 47.5 Å². The molecule has 2 aromatic carbocycles. The second kappa shape index (κ2) is 7.61. The van der Waals surface area contributed by atoms with Gasteiger partial charge in [0.25, 0.3) is 0 Å². The lowest BCUT2D eigenvalue weighted by Gasteiger charge is -2.10. The van der Waals surface area contributed by atoms with Crippen molar-refractivity contribution in [3.05, 3.63) is 59.2 Å². The number of halogens is 2. The highest BCUT2D eigenvalue weighted by molar-refractivity contribution is 7.99. The van der Waals surface area contributed by atoms with Crippen LogP contribution in [0.25, 0.3) is 5.69 Å². The number of carbonyl (C=O) groups is 1. The summed E-state index contributed by atoms with van der Waals surface area (Å²) in [6.45, 7) is 3.91. The normalized spacial score (nSPS) is 10.8. The van der Waals surface area contributed by atoms with Gasteiger partial charge in [-0.2, -0.15) is 4.68 Å². The molecule has 1 N–H and O–H groups in total. The molecule has 0 bridgehead atoms. The lowest BCUT2D eigenvalue weighted by atomic mass is 10.1. The maximum Gasteiger partial charge on any atom is 0.234 e. The number of hydrogen-bond acceptors (Lipinski definition) is 5. The van der Waals surface area contributed by atoms with Gasteiger partial charge in [-0.3, -0.25) is 4.79 Å². The van der Waals surface area contributed by atoms with E-state index in [1.807, 2.05) is 32.0 Å². The number of thioether (sulfide) groups is 1. The van der Waals surface area contributed by atoms with Crippen LogP contribution in [-0.2, 0) is 4.79 Å². The zero-order valence-electron chi connectivity index (χ0n) is 14.0. The van der Waals surface area contributed by atoms with Crippen LogP contribution in [0.3, 0.4) is 0 Å². The topological polar surface area (TPSA) is 72.7 Å². The molecule has 3 rings (SSSR count). The highest BCUT2D eigenvalue weighted by atomic mass is 32.2. The minimum atomic E-state index is -1.02. The van der Waals surface area contributed by atoms with Crippen LogP contribution in [0.4, 0.5) is 14.5 Å². The van der Waals surface area contributed by atoms with Crippen LogP contribution in [-0.4, -0.2) is 31.9 Å². The number of amides is 1. The van der Waals surface area contributed by atoms with Gasteiger partial charge < -0.3 is 5.32 Å². The number of anilines is 1. The minimum Gasteiger partial charge on any atom is -0.325 e. The molecule has 0 saturated carbocycles. The predicted octanol–water partition coefficient (Wildman–Crippen LogP) is 3.29. The molecule has 0 radical (unpaired) electrons. The number of aromatic nitrogens is 4. The van der Waals surface area contributed by atoms with Crippen molar-refractivity contribution in [1.29, 1.82) is 0 Å². The largest absolute Gasteiger partial charge is 0.325 e. The summed E-state index contributed by atoms with van der Waals surface area (Å²) < 4.78 is 27.7. The monoisotopic (exact) mass is 375 g/mol. The molecular weight excluding hydrogens is 360 g/mol. The fourth-order valence-electron chi connectivity index (χ4n) is 2.45. The van der Waals surface area contributed by atoms with E-state index in [1.165, 1.54) is 6.07 Å². The van der Waals surface area contributed by atoms with Gasteiger partial charge in [0, 0.05) is 11.8 Å². The van der Waals surface area contributed by atoms with Crippen LogP contribution in [0.15, 0.2) is 41.6 Å². The second-order valence-corrected chi connectivity index (χ2v) is 6.52. The van der Waals surface area contributed by atoms with Crippen molar-refractivity contribution in [2.45, 2.75) is 19.0 Å². The molecule has 1 heterocycles. The number of benzene rings is 2. The smallest absolute Gasteiger partial charge is 0.234 e. The van der Waals surface area contributed by atoms with Gasteiger partial charge in [-0.15, -0.1) is 5.10 Å². The fourth-order valence-corrected chi connectivity index (χ4v) is 3.13. The summed E-state index contributed by atoms with van der Waals surface area (Å²) in [4.78, 5) is 12.1. The van der Waals surface area contributed by atoms with Crippen LogP contribution in [0, 0.1) is 25.5 Å². The van der Waals surface area contributed by atoms with E-state index in [2.05, 4.69) is 20.8 Å². The molecule has 0 spiro atoms. The Hall–Kier alpha value is -2.81. The number of rotatable bonds is 5. The zero-order valence-corrected chi connectivity index (χ0v) is 14.8. The number of hydrogen-bond donors (Lipinski definition) is 1. The Morgan fingerprint density at radius 1 is 1.15 bits per heavy atom. The lowest BCUT2D eigenvalue weighted by Crippen LogP contribution is -2.15. The number of aryl methyl sites for hydroxylation is 2. The Labute approximate surface area is 152 Å². The average molecular weight is 375 g/mol. The number of nitrogens with one attached hydrogen (secondary N) is 1. The Bertz CT molecular complexity index is 940. The predicted molar refractivity (Wildman–Crippen MR) is 94.3 cm³/mol. The average Bonchev–Trinajstić information content (AvgIpc) is 3.04.